The minimum atomic E-state index is -0.395. The molecule has 4 aliphatic carbocycles. The molecule has 1 atom stereocenters. The molecule has 1 heterocycles. The van der Waals surface area contributed by atoms with E-state index in [1.807, 2.05) is 0 Å². The molecule has 0 aromatic rings. The molecule has 2 amide bonds. The maximum atomic E-state index is 12.8. The van der Waals surface area contributed by atoms with Crippen molar-refractivity contribution in [3.8, 4) is 0 Å². The Kier molecular flexibility index (Phi) is 3.35. The summed E-state index contributed by atoms with van der Waals surface area (Å²) in [7, 11) is 0. The van der Waals surface area contributed by atoms with Gasteiger partial charge >= 0.3 is 12.0 Å². The SMILES string of the molecule is NC(=O)N1CCC[C@@H]1COC(=O)C12CC3CC(CC(C3)C1)C2. The average Bonchev–Trinajstić information content (AvgIpc) is 2.91. The van der Waals surface area contributed by atoms with Gasteiger partial charge in [0.25, 0.3) is 0 Å². The van der Waals surface area contributed by atoms with Crippen LogP contribution in [0.5, 0.6) is 0 Å². The first-order valence-corrected chi connectivity index (χ1v) is 8.79. The number of likely N-dealkylation sites (tertiary alicyclic amines) is 1. The van der Waals surface area contributed by atoms with Gasteiger partial charge in [-0.15, -0.1) is 0 Å². The Morgan fingerprint density at radius 1 is 1.09 bits per heavy atom. The van der Waals surface area contributed by atoms with Gasteiger partial charge in [0.1, 0.15) is 6.61 Å². The summed E-state index contributed by atoms with van der Waals surface area (Å²) in [6.45, 7) is 1.01. The monoisotopic (exact) mass is 306 g/mol. The standard InChI is InChI=1S/C17H26N2O3/c18-16(21)19-3-1-2-14(19)10-22-15(20)17-7-11-4-12(8-17)6-13(5-11)9-17/h11-14H,1-10H2,(H2,18,21)/t11?,12?,13?,14-,17?/m1/s1. The molecule has 0 aromatic carbocycles. The third kappa shape index (κ3) is 2.29. The number of primary amides is 1. The lowest BCUT2D eigenvalue weighted by Gasteiger charge is -2.55. The van der Waals surface area contributed by atoms with Crippen LogP contribution in [0, 0.1) is 23.2 Å². The van der Waals surface area contributed by atoms with Crippen molar-refractivity contribution in [2.45, 2.75) is 57.4 Å². The molecule has 122 valence electrons. The summed E-state index contributed by atoms with van der Waals surface area (Å²) in [5.41, 5.74) is 5.18. The van der Waals surface area contributed by atoms with E-state index in [0.717, 1.165) is 49.9 Å². The zero-order valence-electron chi connectivity index (χ0n) is 13.1. The van der Waals surface area contributed by atoms with Crippen LogP contribution in [-0.2, 0) is 9.53 Å². The van der Waals surface area contributed by atoms with Gasteiger partial charge < -0.3 is 15.4 Å². The second-order valence-corrected chi connectivity index (χ2v) is 8.12. The van der Waals surface area contributed by atoms with Crippen molar-refractivity contribution < 1.29 is 14.3 Å². The quantitative estimate of drug-likeness (QED) is 0.813. The van der Waals surface area contributed by atoms with E-state index >= 15 is 0 Å². The van der Waals surface area contributed by atoms with Crippen LogP contribution in [0.3, 0.4) is 0 Å². The molecule has 0 spiro atoms. The number of esters is 1. The highest BCUT2D eigenvalue weighted by molar-refractivity contribution is 5.77. The van der Waals surface area contributed by atoms with Gasteiger partial charge in [0.2, 0.25) is 0 Å². The fourth-order valence-electron chi connectivity index (χ4n) is 5.98. The fraction of sp³-hybridized carbons (Fsp3) is 0.882. The number of rotatable bonds is 3. The molecular formula is C17H26N2O3. The molecule has 5 aliphatic rings. The third-order valence-corrected chi connectivity index (χ3v) is 6.54. The van der Waals surface area contributed by atoms with Gasteiger partial charge in [0.05, 0.1) is 11.5 Å². The summed E-state index contributed by atoms with van der Waals surface area (Å²) in [6.07, 6.45) is 8.89. The zero-order valence-corrected chi connectivity index (χ0v) is 13.1. The Hall–Kier alpha value is -1.26. The molecule has 5 heteroatoms. The molecule has 1 saturated heterocycles. The van der Waals surface area contributed by atoms with Crippen LogP contribution in [-0.4, -0.2) is 36.1 Å². The lowest BCUT2D eigenvalue weighted by Crippen LogP contribution is -2.51. The summed E-state index contributed by atoms with van der Waals surface area (Å²) >= 11 is 0. The smallest absolute Gasteiger partial charge is 0.315 e. The predicted molar refractivity (Wildman–Crippen MR) is 80.9 cm³/mol. The maximum absolute atomic E-state index is 12.8. The van der Waals surface area contributed by atoms with E-state index in [2.05, 4.69) is 0 Å². The van der Waals surface area contributed by atoms with Crippen molar-refractivity contribution in [1.82, 2.24) is 4.90 Å². The van der Waals surface area contributed by atoms with Crippen molar-refractivity contribution in [3.63, 3.8) is 0 Å². The van der Waals surface area contributed by atoms with Crippen molar-refractivity contribution in [3.05, 3.63) is 0 Å². The molecule has 2 N–H and O–H groups in total. The lowest BCUT2D eigenvalue weighted by atomic mass is 9.49. The number of carbonyl (C=O) groups excluding carboxylic acids is 2. The minimum Gasteiger partial charge on any atom is -0.463 e. The summed E-state index contributed by atoms with van der Waals surface area (Å²) < 4.78 is 5.70. The van der Waals surface area contributed by atoms with Crippen molar-refractivity contribution in [1.29, 1.82) is 0 Å². The van der Waals surface area contributed by atoms with Crippen LogP contribution >= 0.6 is 0 Å². The van der Waals surface area contributed by atoms with E-state index in [-0.39, 0.29) is 17.4 Å². The highest BCUT2D eigenvalue weighted by Gasteiger charge is 2.55. The first kappa shape index (κ1) is 14.3. The Balaban J connectivity index is 1.39. The van der Waals surface area contributed by atoms with E-state index in [1.54, 1.807) is 4.90 Å². The molecular weight excluding hydrogens is 280 g/mol. The van der Waals surface area contributed by atoms with Crippen molar-refractivity contribution in [2.75, 3.05) is 13.2 Å². The van der Waals surface area contributed by atoms with E-state index < -0.39 is 6.03 Å². The molecule has 1 aliphatic heterocycles. The van der Waals surface area contributed by atoms with E-state index in [1.165, 1.54) is 19.3 Å². The third-order valence-electron chi connectivity index (χ3n) is 6.54. The number of ether oxygens (including phenoxy) is 1. The zero-order chi connectivity index (χ0) is 15.3. The van der Waals surface area contributed by atoms with Gasteiger partial charge in [-0.1, -0.05) is 0 Å². The van der Waals surface area contributed by atoms with Gasteiger partial charge in [-0.25, -0.2) is 4.79 Å². The molecule has 22 heavy (non-hydrogen) atoms. The highest BCUT2D eigenvalue weighted by atomic mass is 16.5. The number of hydrogen-bond donors (Lipinski definition) is 1. The topological polar surface area (TPSA) is 72.6 Å². The molecule has 5 rings (SSSR count). The number of amides is 2. The van der Waals surface area contributed by atoms with E-state index in [9.17, 15) is 9.59 Å². The molecule has 0 aromatic heterocycles. The van der Waals surface area contributed by atoms with Gasteiger partial charge in [0.15, 0.2) is 0 Å². The molecule has 5 nitrogen and oxygen atoms in total. The second-order valence-electron chi connectivity index (χ2n) is 8.12. The van der Waals surface area contributed by atoms with Crippen LogP contribution in [0.2, 0.25) is 0 Å². The first-order valence-electron chi connectivity index (χ1n) is 8.79. The van der Waals surface area contributed by atoms with Gasteiger partial charge in [0, 0.05) is 6.54 Å². The van der Waals surface area contributed by atoms with Crippen LogP contribution in [0.4, 0.5) is 4.79 Å². The van der Waals surface area contributed by atoms with E-state index in [4.69, 9.17) is 10.5 Å². The predicted octanol–water partition coefficient (Wildman–Crippen LogP) is 2.29. The Morgan fingerprint density at radius 2 is 1.68 bits per heavy atom. The van der Waals surface area contributed by atoms with Gasteiger partial charge in [-0.2, -0.15) is 0 Å². The normalized spacial score (nSPS) is 42.6. The molecule has 4 bridgehead atoms. The highest BCUT2D eigenvalue weighted by Crippen LogP contribution is 2.60. The van der Waals surface area contributed by atoms with Crippen molar-refractivity contribution in [2.24, 2.45) is 28.9 Å². The van der Waals surface area contributed by atoms with Crippen LogP contribution in [0.15, 0.2) is 0 Å². The Morgan fingerprint density at radius 3 is 2.23 bits per heavy atom. The average molecular weight is 306 g/mol. The maximum Gasteiger partial charge on any atom is 0.315 e. The molecule has 5 fully saturated rings. The first-order chi connectivity index (χ1) is 10.6. The Bertz CT molecular complexity index is 455. The van der Waals surface area contributed by atoms with E-state index in [0.29, 0.717) is 13.2 Å². The number of hydrogen-bond acceptors (Lipinski definition) is 3. The van der Waals surface area contributed by atoms with Crippen LogP contribution < -0.4 is 5.73 Å². The van der Waals surface area contributed by atoms with Gasteiger partial charge in [-0.3, -0.25) is 4.79 Å². The molecule has 0 radical (unpaired) electrons. The largest absolute Gasteiger partial charge is 0.463 e. The molecule has 0 unspecified atom stereocenters. The summed E-state index contributed by atoms with van der Waals surface area (Å²) in [5, 5.41) is 0. The number of carbonyl (C=O) groups is 2. The number of nitrogens with zero attached hydrogens (tertiary/aromatic N) is 1. The van der Waals surface area contributed by atoms with Gasteiger partial charge in [-0.05, 0) is 69.1 Å². The van der Waals surface area contributed by atoms with Crippen LogP contribution in [0.25, 0.3) is 0 Å². The number of urea groups is 1. The second kappa shape index (κ2) is 5.14. The summed E-state index contributed by atoms with van der Waals surface area (Å²) in [4.78, 5) is 25.8. The Labute approximate surface area is 131 Å². The summed E-state index contributed by atoms with van der Waals surface area (Å²) in [6, 6.07) is -0.413. The molecule has 4 saturated carbocycles. The minimum absolute atomic E-state index is 0.00270. The fourth-order valence-corrected chi connectivity index (χ4v) is 5.98. The van der Waals surface area contributed by atoms with Crippen molar-refractivity contribution >= 4 is 12.0 Å². The van der Waals surface area contributed by atoms with Crippen LogP contribution in [0.1, 0.15) is 51.4 Å². The number of nitrogens with two attached hydrogens (primary N) is 1. The summed E-state index contributed by atoms with van der Waals surface area (Å²) in [5.74, 6) is 2.23. The lowest BCUT2D eigenvalue weighted by molar-refractivity contribution is -0.172.